The van der Waals surface area contributed by atoms with Gasteiger partial charge in [0, 0.05) is 0 Å². The fourth-order valence-corrected chi connectivity index (χ4v) is 1.71. The van der Waals surface area contributed by atoms with E-state index >= 15 is 0 Å². The van der Waals surface area contributed by atoms with Crippen molar-refractivity contribution in [2.75, 3.05) is 0 Å². The largest absolute Gasteiger partial charge is 0.275 e. The number of rotatable bonds is 2. The summed E-state index contributed by atoms with van der Waals surface area (Å²) in [4.78, 5) is 21.6. The molecule has 0 atom stereocenters. The van der Waals surface area contributed by atoms with Crippen LogP contribution in [0, 0.1) is 5.82 Å². The molecule has 15 heavy (non-hydrogen) atoms. The van der Waals surface area contributed by atoms with Crippen molar-refractivity contribution in [2.45, 2.75) is 0 Å². The van der Waals surface area contributed by atoms with E-state index in [2.05, 4.69) is 0 Å². The minimum Gasteiger partial charge on any atom is -0.275 e. The molecule has 0 radical (unpaired) electrons. The van der Waals surface area contributed by atoms with Crippen molar-refractivity contribution in [1.82, 2.24) is 0 Å². The van der Waals surface area contributed by atoms with E-state index in [4.69, 9.17) is 46.4 Å². The van der Waals surface area contributed by atoms with Gasteiger partial charge in [0.1, 0.15) is 5.82 Å². The quantitative estimate of drug-likeness (QED) is 0.611. The summed E-state index contributed by atoms with van der Waals surface area (Å²) >= 11 is 21.3. The lowest BCUT2D eigenvalue weighted by Gasteiger charge is -2.06. The summed E-state index contributed by atoms with van der Waals surface area (Å²) < 4.78 is 13.5. The fourth-order valence-electron chi connectivity index (χ4n) is 0.919. The van der Waals surface area contributed by atoms with E-state index in [9.17, 15) is 14.0 Å². The molecule has 1 aromatic carbocycles. The summed E-state index contributed by atoms with van der Waals surface area (Å²) in [6.07, 6.45) is 0. The monoisotopic (exact) mass is 288 g/mol. The zero-order valence-electron chi connectivity index (χ0n) is 6.78. The molecule has 7 heteroatoms. The maximum Gasteiger partial charge on any atom is 0.256 e. The molecule has 0 aliphatic heterocycles. The van der Waals surface area contributed by atoms with Crippen LogP contribution in [0.3, 0.4) is 0 Å². The van der Waals surface area contributed by atoms with E-state index in [1.807, 2.05) is 0 Å². The second-order valence-electron chi connectivity index (χ2n) is 2.46. The van der Waals surface area contributed by atoms with Crippen LogP contribution in [0.2, 0.25) is 10.0 Å². The molecule has 0 unspecified atom stereocenters. The molecule has 1 rings (SSSR count). The van der Waals surface area contributed by atoms with Gasteiger partial charge in [0.25, 0.3) is 10.5 Å². The number of carbonyl (C=O) groups excluding carboxylic acids is 2. The lowest BCUT2D eigenvalue weighted by molar-refractivity contribution is 0.107. The second-order valence-corrected chi connectivity index (χ2v) is 3.93. The number of halogens is 5. The Hall–Kier alpha value is -0.350. The molecule has 80 valence electrons. The average molecular weight is 290 g/mol. The van der Waals surface area contributed by atoms with Crippen molar-refractivity contribution in [1.29, 1.82) is 0 Å². The van der Waals surface area contributed by atoms with E-state index < -0.39 is 27.4 Å². The standard InChI is InChI=1S/C8HCl4FO2/c9-3-1-2(7(11)14)6(13)4(5(3)10)8(12)15/h1H. The zero-order valence-corrected chi connectivity index (χ0v) is 9.81. The van der Waals surface area contributed by atoms with Gasteiger partial charge in [-0.25, -0.2) is 4.39 Å². The van der Waals surface area contributed by atoms with E-state index in [0.29, 0.717) is 0 Å². The van der Waals surface area contributed by atoms with E-state index in [0.717, 1.165) is 6.07 Å². The molecule has 1 aromatic rings. The van der Waals surface area contributed by atoms with Crippen molar-refractivity contribution in [3.8, 4) is 0 Å². The predicted octanol–water partition coefficient (Wildman–Crippen LogP) is 3.89. The van der Waals surface area contributed by atoms with E-state index in [1.54, 1.807) is 0 Å². The Labute approximate surface area is 104 Å². The number of hydrogen-bond acceptors (Lipinski definition) is 2. The highest BCUT2D eigenvalue weighted by Gasteiger charge is 2.23. The molecule has 0 amide bonds. The molecule has 0 saturated carbocycles. The molecule has 2 nitrogen and oxygen atoms in total. The minimum atomic E-state index is -1.18. The van der Waals surface area contributed by atoms with Gasteiger partial charge in [-0.05, 0) is 29.3 Å². The van der Waals surface area contributed by atoms with Crippen LogP contribution in [-0.4, -0.2) is 10.5 Å². The maximum atomic E-state index is 13.5. The minimum absolute atomic E-state index is 0.175. The highest BCUT2D eigenvalue weighted by atomic mass is 35.5. The molecular weight excluding hydrogens is 289 g/mol. The van der Waals surface area contributed by atoms with Gasteiger partial charge < -0.3 is 0 Å². The third-order valence-corrected chi connectivity index (χ3v) is 2.74. The van der Waals surface area contributed by atoms with Gasteiger partial charge in [-0.2, -0.15) is 0 Å². The molecule has 0 fully saturated rings. The first-order valence-corrected chi connectivity index (χ1v) is 4.94. The van der Waals surface area contributed by atoms with Crippen LogP contribution in [0.15, 0.2) is 6.07 Å². The smallest absolute Gasteiger partial charge is 0.256 e. The van der Waals surface area contributed by atoms with Crippen molar-refractivity contribution >= 4 is 56.9 Å². The Balaban J connectivity index is 3.63. The van der Waals surface area contributed by atoms with Crippen molar-refractivity contribution in [3.05, 3.63) is 33.1 Å². The molecule has 0 aromatic heterocycles. The van der Waals surface area contributed by atoms with E-state index in [-0.39, 0.29) is 10.0 Å². The summed E-state index contributed by atoms with van der Waals surface area (Å²) in [7, 11) is 0. The summed E-state index contributed by atoms with van der Waals surface area (Å²) in [5, 5.41) is -2.77. The normalized spacial score (nSPS) is 10.2. The maximum absolute atomic E-state index is 13.5. The zero-order chi connectivity index (χ0) is 11.7. The Morgan fingerprint density at radius 3 is 2.07 bits per heavy atom. The molecule has 0 aliphatic rings. The van der Waals surface area contributed by atoms with Crippen LogP contribution in [0.25, 0.3) is 0 Å². The lowest BCUT2D eigenvalue weighted by atomic mass is 10.1. The van der Waals surface area contributed by atoms with Gasteiger partial charge >= 0.3 is 0 Å². The van der Waals surface area contributed by atoms with Crippen LogP contribution in [0.4, 0.5) is 4.39 Å². The Morgan fingerprint density at radius 2 is 1.67 bits per heavy atom. The number of benzene rings is 1. The molecule has 0 heterocycles. The van der Waals surface area contributed by atoms with Crippen molar-refractivity contribution in [3.63, 3.8) is 0 Å². The highest BCUT2D eigenvalue weighted by molar-refractivity contribution is 6.70. The first-order valence-electron chi connectivity index (χ1n) is 3.43. The fraction of sp³-hybridized carbons (Fsp3) is 0. The predicted molar refractivity (Wildman–Crippen MR) is 56.8 cm³/mol. The second kappa shape index (κ2) is 4.66. The van der Waals surface area contributed by atoms with Crippen molar-refractivity contribution < 1.29 is 14.0 Å². The van der Waals surface area contributed by atoms with Gasteiger partial charge in [0.15, 0.2) is 0 Å². The van der Waals surface area contributed by atoms with Crippen LogP contribution >= 0.6 is 46.4 Å². The number of hydrogen-bond donors (Lipinski definition) is 0. The Morgan fingerprint density at radius 1 is 1.13 bits per heavy atom. The van der Waals surface area contributed by atoms with Gasteiger partial charge in [0.05, 0.1) is 21.2 Å². The van der Waals surface area contributed by atoms with Crippen LogP contribution in [0.5, 0.6) is 0 Å². The van der Waals surface area contributed by atoms with Gasteiger partial charge in [-0.15, -0.1) is 0 Å². The summed E-state index contributed by atoms with van der Waals surface area (Å²) in [5.74, 6) is -1.18. The van der Waals surface area contributed by atoms with Crippen LogP contribution < -0.4 is 0 Å². The van der Waals surface area contributed by atoms with E-state index in [1.165, 1.54) is 0 Å². The molecule has 0 spiro atoms. The first-order chi connectivity index (χ1) is 6.86. The third kappa shape index (κ3) is 2.42. The highest BCUT2D eigenvalue weighted by Crippen LogP contribution is 2.32. The summed E-state index contributed by atoms with van der Waals surface area (Å²) in [5.41, 5.74) is -1.20. The molecular formula is C8HCl4FO2. The molecule has 0 N–H and O–H groups in total. The van der Waals surface area contributed by atoms with Gasteiger partial charge in [0.2, 0.25) is 0 Å². The van der Waals surface area contributed by atoms with Crippen LogP contribution in [0.1, 0.15) is 20.7 Å². The van der Waals surface area contributed by atoms with Crippen molar-refractivity contribution in [2.24, 2.45) is 0 Å². The topological polar surface area (TPSA) is 34.1 Å². The summed E-state index contributed by atoms with van der Waals surface area (Å²) in [6, 6.07) is 0.928. The first kappa shape index (κ1) is 12.7. The van der Waals surface area contributed by atoms with Gasteiger partial charge in [-0.1, -0.05) is 23.2 Å². The SMILES string of the molecule is O=C(Cl)c1cc(Cl)c(Cl)c(C(=O)Cl)c1F. The molecule has 0 bridgehead atoms. The molecule has 0 aliphatic carbocycles. The summed E-state index contributed by atoms with van der Waals surface area (Å²) in [6.45, 7) is 0. The third-order valence-electron chi connectivity index (χ3n) is 1.56. The Bertz CT molecular complexity index is 458. The molecule has 0 saturated heterocycles. The number of carbonyl (C=O) groups is 2. The average Bonchev–Trinajstić information content (AvgIpc) is 2.10. The van der Waals surface area contributed by atoms with Crippen LogP contribution in [-0.2, 0) is 0 Å². The lowest BCUT2D eigenvalue weighted by Crippen LogP contribution is -2.04. The van der Waals surface area contributed by atoms with Gasteiger partial charge in [-0.3, -0.25) is 9.59 Å². The Kier molecular flexibility index (Phi) is 3.95.